The predicted octanol–water partition coefficient (Wildman–Crippen LogP) is -1.42. The second-order valence-electron chi connectivity index (χ2n) is 2.00. The summed E-state index contributed by atoms with van der Waals surface area (Å²) in [5.74, 6) is -2.76. The first-order valence-electron chi connectivity index (χ1n) is 2.94. The van der Waals surface area contributed by atoms with E-state index >= 15 is 0 Å². The molecule has 0 spiro atoms. The predicted molar refractivity (Wildman–Crippen MR) is 36.4 cm³/mol. The van der Waals surface area contributed by atoms with Crippen molar-refractivity contribution in [3.05, 3.63) is 0 Å². The summed E-state index contributed by atoms with van der Waals surface area (Å²) in [6.45, 7) is 0. The molecule has 7 nitrogen and oxygen atoms in total. The third kappa shape index (κ3) is 7.20. The second kappa shape index (κ2) is 6.36. The molecule has 1 atom stereocenters. The fourth-order valence-electron chi connectivity index (χ4n) is 0.546. The summed E-state index contributed by atoms with van der Waals surface area (Å²) in [7, 11) is 0. The van der Waals surface area contributed by atoms with Gasteiger partial charge >= 0.3 is 18.0 Å². The summed E-state index contributed by atoms with van der Waals surface area (Å²) in [5.41, 5.74) is 4.60. The maximum Gasteiger partial charge on any atom is 0.326 e. The fraction of sp³-hybridized carbons (Fsp3) is 0.400. The molecule has 0 aromatic rings. The minimum absolute atomic E-state index is 0. The van der Waals surface area contributed by atoms with E-state index in [9.17, 15) is 14.4 Å². The molecule has 0 heterocycles. The zero-order valence-corrected chi connectivity index (χ0v) is 9.66. The van der Waals surface area contributed by atoms with Gasteiger partial charge in [0.05, 0.1) is 6.42 Å². The number of nitrogens with two attached hydrogens (primary N) is 1. The Kier molecular flexibility index (Phi) is 7.03. The van der Waals surface area contributed by atoms with Crippen LogP contribution in [0.25, 0.3) is 0 Å². The van der Waals surface area contributed by atoms with E-state index in [0.29, 0.717) is 0 Å². The molecule has 8 heteroatoms. The number of carbonyl (C=O) groups excluding carboxylic acids is 1. The van der Waals surface area contributed by atoms with Crippen LogP contribution in [0.4, 0.5) is 4.79 Å². The van der Waals surface area contributed by atoms with Gasteiger partial charge in [0.15, 0.2) is 0 Å². The van der Waals surface area contributed by atoms with Crippen molar-refractivity contribution < 1.29 is 44.1 Å². The number of hydrogen-bond acceptors (Lipinski definition) is 3. The van der Waals surface area contributed by atoms with Gasteiger partial charge in [0, 0.05) is 19.5 Å². The smallest absolute Gasteiger partial charge is 0.326 e. The Morgan fingerprint density at radius 3 is 2.00 bits per heavy atom. The van der Waals surface area contributed by atoms with Crippen molar-refractivity contribution in [2.45, 2.75) is 12.5 Å². The van der Waals surface area contributed by atoms with Gasteiger partial charge in [-0.2, -0.15) is 0 Å². The molecule has 2 amide bonds. The van der Waals surface area contributed by atoms with Gasteiger partial charge in [-0.05, 0) is 0 Å². The van der Waals surface area contributed by atoms with Gasteiger partial charge in [-0.1, -0.05) is 0 Å². The van der Waals surface area contributed by atoms with Crippen LogP contribution in [0.15, 0.2) is 0 Å². The molecular formula is C5H8N2O5Zn. The first-order chi connectivity index (χ1) is 5.43. The van der Waals surface area contributed by atoms with Crippen LogP contribution in [-0.4, -0.2) is 34.2 Å². The van der Waals surface area contributed by atoms with Crippen molar-refractivity contribution in [2.75, 3.05) is 0 Å². The van der Waals surface area contributed by atoms with Crippen LogP contribution in [0.2, 0.25) is 0 Å². The molecule has 0 aromatic carbocycles. The molecule has 0 aliphatic carbocycles. The van der Waals surface area contributed by atoms with E-state index in [1.807, 2.05) is 0 Å². The number of urea groups is 1. The average molecular weight is 242 g/mol. The van der Waals surface area contributed by atoms with Crippen molar-refractivity contribution in [3.63, 3.8) is 0 Å². The molecule has 0 fully saturated rings. The summed E-state index contributed by atoms with van der Waals surface area (Å²) in [6, 6.07) is -2.54. The Labute approximate surface area is 86.0 Å². The second-order valence-corrected chi connectivity index (χ2v) is 2.00. The standard InChI is InChI=1S/C5H8N2O5.Zn/c6-5(12)7-2(4(10)11)1-3(8)9;/h2H,1H2,(H,8,9)(H,10,11)(H3,6,7,12);/t2-;/m0./s1. The van der Waals surface area contributed by atoms with Crippen LogP contribution in [0.1, 0.15) is 6.42 Å². The monoisotopic (exact) mass is 240 g/mol. The Morgan fingerprint density at radius 1 is 1.31 bits per heavy atom. The molecule has 0 rings (SSSR count). The molecule has 0 aliphatic rings. The quantitative estimate of drug-likeness (QED) is 0.449. The van der Waals surface area contributed by atoms with E-state index in [-0.39, 0.29) is 19.5 Å². The molecule has 0 unspecified atom stereocenters. The van der Waals surface area contributed by atoms with Gasteiger partial charge in [-0.3, -0.25) is 4.79 Å². The normalized spacial score (nSPS) is 10.8. The molecular weight excluding hydrogens is 233 g/mol. The van der Waals surface area contributed by atoms with Crippen molar-refractivity contribution in [2.24, 2.45) is 5.73 Å². The summed E-state index contributed by atoms with van der Waals surface area (Å²) in [6.07, 6.45) is -0.696. The fourth-order valence-corrected chi connectivity index (χ4v) is 0.546. The maximum atomic E-state index is 10.2. The largest absolute Gasteiger partial charge is 0.481 e. The van der Waals surface area contributed by atoms with Crippen molar-refractivity contribution >= 4 is 18.0 Å². The molecule has 0 aliphatic heterocycles. The molecule has 5 N–H and O–H groups in total. The van der Waals surface area contributed by atoms with Crippen molar-refractivity contribution in [1.29, 1.82) is 0 Å². The van der Waals surface area contributed by atoms with Gasteiger partial charge in [0.25, 0.3) is 0 Å². The molecule has 0 saturated heterocycles. The average Bonchev–Trinajstić information content (AvgIpc) is 1.83. The minimum atomic E-state index is -1.47. The van der Waals surface area contributed by atoms with Gasteiger partial charge in [-0.15, -0.1) is 0 Å². The number of carboxylic acids is 2. The summed E-state index contributed by atoms with van der Waals surface area (Å²) in [4.78, 5) is 30.4. The third-order valence-corrected chi connectivity index (χ3v) is 0.993. The van der Waals surface area contributed by atoms with Crippen LogP contribution in [-0.2, 0) is 29.1 Å². The SMILES string of the molecule is NC(=O)N[C@@H](CC(=O)O)C(=O)O.[Zn]. The molecule has 0 bridgehead atoms. The van der Waals surface area contributed by atoms with E-state index in [1.54, 1.807) is 5.32 Å². The van der Waals surface area contributed by atoms with Gasteiger partial charge in [0.1, 0.15) is 6.04 Å². The number of primary amides is 1. The Bertz CT molecular complexity index is 203. The van der Waals surface area contributed by atoms with E-state index in [2.05, 4.69) is 5.73 Å². The van der Waals surface area contributed by atoms with Crippen molar-refractivity contribution in [3.8, 4) is 0 Å². The summed E-state index contributed by atoms with van der Waals surface area (Å²) < 4.78 is 0. The van der Waals surface area contributed by atoms with Crippen LogP contribution >= 0.6 is 0 Å². The Hall–Kier alpha value is -1.17. The van der Waals surface area contributed by atoms with E-state index < -0.39 is 30.4 Å². The molecule has 0 aromatic heterocycles. The first kappa shape index (κ1) is 14.4. The topological polar surface area (TPSA) is 130 Å². The molecule has 70 valence electrons. The molecule has 0 radical (unpaired) electrons. The van der Waals surface area contributed by atoms with Gasteiger partial charge in [-0.25, -0.2) is 9.59 Å². The Balaban J connectivity index is 0. The van der Waals surface area contributed by atoms with Crippen LogP contribution in [0.5, 0.6) is 0 Å². The number of nitrogens with one attached hydrogen (secondary N) is 1. The Morgan fingerprint density at radius 2 is 1.77 bits per heavy atom. The number of carboxylic acid groups (broad SMARTS) is 2. The van der Waals surface area contributed by atoms with Crippen LogP contribution in [0.3, 0.4) is 0 Å². The van der Waals surface area contributed by atoms with E-state index in [4.69, 9.17) is 10.2 Å². The molecule has 13 heavy (non-hydrogen) atoms. The number of amides is 2. The number of carbonyl (C=O) groups is 3. The van der Waals surface area contributed by atoms with Crippen LogP contribution in [0, 0.1) is 0 Å². The van der Waals surface area contributed by atoms with E-state index in [0.717, 1.165) is 0 Å². The maximum absolute atomic E-state index is 10.2. The number of aliphatic carboxylic acids is 2. The summed E-state index contributed by atoms with van der Waals surface area (Å²) in [5, 5.41) is 18.3. The zero-order valence-electron chi connectivity index (χ0n) is 6.69. The summed E-state index contributed by atoms with van der Waals surface area (Å²) >= 11 is 0. The zero-order chi connectivity index (χ0) is 9.72. The molecule has 0 saturated carbocycles. The third-order valence-electron chi connectivity index (χ3n) is 0.993. The first-order valence-corrected chi connectivity index (χ1v) is 2.94. The number of hydrogen-bond donors (Lipinski definition) is 4. The number of rotatable bonds is 4. The minimum Gasteiger partial charge on any atom is -0.481 e. The van der Waals surface area contributed by atoms with E-state index in [1.165, 1.54) is 0 Å². The van der Waals surface area contributed by atoms with Crippen molar-refractivity contribution in [1.82, 2.24) is 5.32 Å². The van der Waals surface area contributed by atoms with Crippen LogP contribution < -0.4 is 11.1 Å². The van der Waals surface area contributed by atoms with Gasteiger partial charge < -0.3 is 21.3 Å². The van der Waals surface area contributed by atoms with Gasteiger partial charge in [0.2, 0.25) is 0 Å².